The Bertz CT molecular complexity index is 695. The maximum Gasteiger partial charge on any atom is 0.356 e. The highest BCUT2D eigenvalue weighted by atomic mass is 16.5. The number of esters is 1. The van der Waals surface area contributed by atoms with Crippen LogP contribution < -0.4 is 9.47 Å². The van der Waals surface area contributed by atoms with Gasteiger partial charge in [-0.2, -0.15) is 0 Å². The van der Waals surface area contributed by atoms with Gasteiger partial charge in [0.2, 0.25) is 0 Å². The molecule has 2 heterocycles. The number of hydrogen-bond acceptors (Lipinski definition) is 5. The van der Waals surface area contributed by atoms with Crippen molar-refractivity contribution in [2.45, 2.75) is 12.8 Å². The molecule has 0 radical (unpaired) electrons. The largest absolute Gasteiger partial charge is 0.497 e. The third kappa shape index (κ3) is 2.74. The Labute approximate surface area is 128 Å². The molecule has 0 atom stereocenters. The first-order chi connectivity index (χ1) is 10.7. The van der Waals surface area contributed by atoms with Crippen LogP contribution in [0.15, 0.2) is 30.3 Å². The van der Waals surface area contributed by atoms with Crippen molar-refractivity contribution in [2.75, 3.05) is 20.8 Å². The van der Waals surface area contributed by atoms with Gasteiger partial charge in [0.1, 0.15) is 17.2 Å². The van der Waals surface area contributed by atoms with Gasteiger partial charge < -0.3 is 14.2 Å². The Morgan fingerprint density at radius 2 is 2.05 bits per heavy atom. The summed E-state index contributed by atoms with van der Waals surface area (Å²) in [5.41, 5.74) is 3.22. The lowest BCUT2D eigenvalue weighted by Gasteiger charge is -2.10. The summed E-state index contributed by atoms with van der Waals surface area (Å²) in [5, 5.41) is 0. The second-order valence-corrected chi connectivity index (χ2v) is 5.06. The molecule has 0 fully saturated rings. The van der Waals surface area contributed by atoms with Crippen LogP contribution in [-0.2, 0) is 17.6 Å². The van der Waals surface area contributed by atoms with E-state index in [0.29, 0.717) is 18.7 Å². The number of nitrogens with zero attached hydrogens (tertiary/aromatic N) is 1. The summed E-state index contributed by atoms with van der Waals surface area (Å²) in [6, 6.07) is 9.58. The Morgan fingerprint density at radius 1 is 1.27 bits per heavy atom. The third-order valence-electron chi connectivity index (χ3n) is 3.65. The van der Waals surface area contributed by atoms with Crippen LogP contribution in [0.4, 0.5) is 0 Å². The maximum atomic E-state index is 11.8. The molecule has 5 nitrogen and oxygen atoms in total. The van der Waals surface area contributed by atoms with Crippen molar-refractivity contribution in [2.24, 2.45) is 0 Å². The lowest BCUT2D eigenvalue weighted by Crippen LogP contribution is -2.07. The zero-order valence-electron chi connectivity index (χ0n) is 12.6. The van der Waals surface area contributed by atoms with E-state index in [2.05, 4.69) is 4.98 Å². The second-order valence-electron chi connectivity index (χ2n) is 5.06. The van der Waals surface area contributed by atoms with Gasteiger partial charge in [-0.3, -0.25) is 0 Å². The number of pyridine rings is 1. The number of carbonyl (C=O) groups excluding carboxylic acids is 1. The van der Waals surface area contributed by atoms with Crippen LogP contribution in [0.2, 0.25) is 0 Å². The minimum absolute atomic E-state index is 0.329. The predicted octanol–water partition coefficient (Wildman–Crippen LogP) is 2.40. The molecule has 1 aromatic carbocycles. The molecular formula is C17H17NO4. The fourth-order valence-electron chi connectivity index (χ4n) is 2.54. The van der Waals surface area contributed by atoms with Gasteiger partial charge in [-0.25, -0.2) is 9.78 Å². The number of fused-ring (bicyclic) bond motifs is 1. The van der Waals surface area contributed by atoms with Gasteiger partial charge in [0.05, 0.1) is 26.5 Å². The van der Waals surface area contributed by atoms with E-state index < -0.39 is 5.97 Å². The Morgan fingerprint density at radius 3 is 2.73 bits per heavy atom. The van der Waals surface area contributed by atoms with E-state index in [1.165, 1.54) is 7.11 Å². The third-order valence-corrected chi connectivity index (χ3v) is 3.65. The second kappa shape index (κ2) is 6.05. The van der Waals surface area contributed by atoms with Gasteiger partial charge in [-0.05, 0) is 23.8 Å². The molecule has 114 valence electrons. The Balaban J connectivity index is 1.94. The molecule has 3 rings (SSSR count). The molecule has 0 amide bonds. The highest BCUT2D eigenvalue weighted by molar-refractivity contribution is 5.87. The van der Waals surface area contributed by atoms with E-state index in [0.717, 1.165) is 34.7 Å². The summed E-state index contributed by atoms with van der Waals surface area (Å²) in [4.78, 5) is 16.1. The quantitative estimate of drug-likeness (QED) is 0.811. The molecule has 1 aliphatic heterocycles. The fraction of sp³-hybridized carbons (Fsp3) is 0.294. The number of ether oxygens (including phenoxy) is 3. The lowest BCUT2D eigenvalue weighted by atomic mass is 10.0. The van der Waals surface area contributed by atoms with Crippen LogP contribution in [0.5, 0.6) is 11.5 Å². The van der Waals surface area contributed by atoms with Crippen molar-refractivity contribution in [3.63, 3.8) is 0 Å². The van der Waals surface area contributed by atoms with Crippen LogP contribution in [0, 0.1) is 0 Å². The molecule has 0 saturated carbocycles. The molecule has 22 heavy (non-hydrogen) atoms. The van der Waals surface area contributed by atoms with Crippen molar-refractivity contribution in [3.8, 4) is 11.5 Å². The smallest absolute Gasteiger partial charge is 0.356 e. The van der Waals surface area contributed by atoms with Gasteiger partial charge in [0.25, 0.3) is 0 Å². The lowest BCUT2D eigenvalue weighted by molar-refractivity contribution is 0.0593. The van der Waals surface area contributed by atoms with Gasteiger partial charge in [-0.15, -0.1) is 0 Å². The van der Waals surface area contributed by atoms with Crippen LogP contribution in [0.25, 0.3) is 0 Å². The molecule has 0 unspecified atom stereocenters. The molecule has 0 N–H and O–H groups in total. The molecule has 0 bridgehead atoms. The van der Waals surface area contributed by atoms with Crippen molar-refractivity contribution < 1.29 is 19.0 Å². The van der Waals surface area contributed by atoms with E-state index in [-0.39, 0.29) is 0 Å². The van der Waals surface area contributed by atoms with Crippen LogP contribution >= 0.6 is 0 Å². The van der Waals surface area contributed by atoms with Gasteiger partial charge in [0.15, 0.2) is 0 Å². The van der Waals surface area contributed by atoms with E-state index in [9.17, 15) is 4.79 Å². The number of rotatable bonds is 4. The van der Waals surface area contributed by atoms with Crippen LogP contribution in [-0.4, -0.2) is 31.8 Å². The minimum Gasteiger partial charge on any atom is -0.497 e. The number of carbonyl (C=O) groups is 1. The summed E-state index contributed by atoms with van der Waals surface area (Å²) < 4.78 is 15.6. The van der Waals surface area contributed by atoms with Gasteiger partial charge in [-0.1, -0.05) is 12.1 Å². The van der Waals surface area contributed by atoms with Crippen molar-refractivity contribution >= 4 is 5.97 Å². The van der Waals surface area contributed by atoms with E-state index in [1.807, 2.05) is 24.3 Å². The number of benzene rings is 1. The molecule has 0 saturated heterocycles. The van der Waals surface area contributed by atoms with Crippen LogP contribution in [0.1, 0.15) is 27.3 Å². The first-order valence-electron chi connectivity index (χ1n) is 7.08. The minimum atomic E-state index is -0.425. The zero-order valence-corrected chi connectivity index (χ0v) is 12.6. The highest BCUT2D eigenvalue weighted by Crippen LogP contribution is 2.31. The van der Waals surface area contributed by atoms with E-state index in [1.54, 1.807) is 13.2 Å². The fourth-order valence-corrected chi connectivity index (χ4v) is 2.54. The molecular weight excluding hydrogens is 282 g/mol. The normalized spacial score (nSPS) is 12.5. The summed E-state index contributed by atoms with van der Waals surface area (Å²) in [6.45, 7) is 0.600. The number of methoxy groups -OCH3 is 2. The molecule has 2 aromatic rings. The van der Waals surface area contributed by atoms with Gasteiger partial charge >= 0.3 is 5.97 Å². The zero-order chi connectivity index (χ0) is 15.5. The molecule has 1 aromatic heterocycles. The first-order valence-corrected chi connectivity index (χ1v) is 7.08. The number of hydrogen-bond donors (Lipinski definition) is 0. The summed E-state index contributed by atoms with van der Waals surface area (Å²) >= 11 is 0. The molecule has 5 heteroatoms. The summed E-state index contributed by atoms with van der Waals surface area (Å²) in [7, 11) is 3.00. The molecule has 0 aliphatic carbocycles. The maximum absolute atomic E-state index is 11.8. The van der Waals surface area contributed by atoms with Crippen molar-refractivity contribution in [1.82, 2.24) is 4.98 Å². The predicted molar refractivity (Wildman–Crippen MR) is 80.6 cm³/mol. The summed E-state index contributed by atoms with van der Waals surface area (Å²) in [5.74, 6) is 1.18. The molecule has 0 spiro atoms. The standard InChI is InChI=1S/C17H17NO4/c1-20-13-5-3-11(4-6-13)9-12-10-15(17(19)21-2)18-14-7-8-22-16(12)14/h3-6,10H,7-9H2,1-2H3. The van der Waals surface area contributed by atoms with Crippen molar-refractivity contribution in [1.29, 1.82) is 0 Å². The van der Waals surface area contributed by atoms with E-state index in [4.69, 9.17) is 14.2 Å². The average Bonchev–Trinajstić information content (AvgIpc) is 3.03. The SMILES string of the molecule is COC(=O)c1cc(Cc2ccc(OC)cc2)c2c(n1)CCO2. The summed E-state index contributed by atoms with van der Waals surface area (Å²) in [6.07, 6.45) is 1.38. The first kappa shape index (κ1) is 14.4. The Kier molecular flexibility index (Phi) is 3.96. The highest BCUT2D eigenvalue weighted by Gasteiger charge is 2.22. The topological polar surface area (TPSA) is 57.7 Å². The van der Waals surface area contributed by atoms with Gasteiger partial charge in [0, 0.05) is 18.4 Å². The molecule has 1 aliphatic rings. The van der Waals surface area contributed by atoms with Crippen LogP contribution in [0.3, 0.4) is 0 Å². The average molecular weight is 299 g/mol. The monoisotopic (exact) mass is 299 g/mol. The van der Waals surface area contributed by atoms with E-state index >= 15 is 0 Å². The Hall–Kier alpha value is -2.56. The van der Waals surface area contributed by atoms with Crippen molar-refractivity contribution in [3.05, 3.63) is 52.8 Å². The number of aromatic nitrogens is 1.